The number of halogens is 1. The normalized spacial score (nSPS) is 19.4. The van der Waals surface area contributed by atoms with Gasteiger partial charge >= 0.3 is 0 Å². The fourth-order valence-electron chi connectivity index (χ4n) is 3.15. The van der Waals surface area contributed by atoms with E-state index < -0.39 is 0 Å². The van der Waals surface area contributed by atoms with Crippen LogP contribution in [0.1, 0.15) is 25.6 Å². The highest BCUT2D eigenvalue weighted by atomic mass is 19.1. The van der Waals surface area contributed by atoms with E-state index in [1.54, 1.807) is 6.07 Å². The molecule has 1 aromatic carbocycles. The average molecular weight is 290 g/mol. The minimum atomic E-state index is -0.286. The fraction of sp³-hybridized carbons (Fsp3) is 0.467. The lowest BCUT2D eigenvalue weighted by Crippen LogP contribution is -2.40. The summed E-state index contributed by atoms with van der Waals surface area (Å²) in [5.41, 5.74) is 7.02. The highest BCUT2D eigenvalue weighted by Crippen LogP contribution is 2.23. The molecule has 1 fully saturated rings. The molecule has 1 saturated heterocycles. The van der Waals surface area contributed by atoms with E-state index >= 15 is 0 Å². The molecule has 21 heavy (non-hydrogen) atoms. The predicted octanol–water partition coefficient (Wildman–Crippen LogP) is 1.64. The van der Waals surface area contributed by atoms with Crippen molar-refractivity contribution in [2.45, 2.75) is 38.9 Å². The Hall–Kier alpha value is -1.95. The van der Waals surface area contributed by atoms with Gasteiger partial charge in [-0.3, -0.25) is 9.69 Å². The maximum absolute atomic E-state index is 13.3. The number of amides is 1. The number of carbonyl (C=O) groups is 1. The summed E-state index contributed by atoms with van der Waals surface area (Å²) < 4.78 is 15.4. The van der Waals surface area contributed by atoms with E-state index in [-0.39, 0.29) is 17.8 Å². The number of benzene rings is 1. The van der Waals surface area contributed by atoms with E-state index in [9.17, 15) is 9.18 Å². The number of likely N-dealkylation sites (tertiary alicyclic amines) is 1. The number of imidazole rings is 1. The zero-order valence-corrected chi connectivity index (χ0v) is 12.1. The molecule has 1 aliphatic rings. The molecule has 1 amide bonds. The predicted molar refractivity (Wildman–Crippen MR) is 78.0 cm³/mol. The molecule has 0 bridgehead atoms. The molecule has 2 N–H and O–H groups in total. The summed E-state index contributed by atoms with van der Waals surface area (Å²) in [6.07, 6.45) is 1.77. The number of aromatic nitrogens is 2. The number of hydrogen-bond acceptors (Lipinski definition) is 3. The van der Waals surface area contributed by atoms with Crippen LogP contribution in [0.15, 0.2) is 18.2 Å². The SMILES string of the molecule is CCn1c(CN2CCCC2C(N)=O)nc2cc(F)ccc21. The first kappa shape index (κ1) is 14.0. The summed E-state index contributed by atoms with van der Waals surface area (Å²) in [6.45, 7) is 4.20. The molecule has 5 nitrogen and oxygen atoms in total. The Morgan fingerprint density at radius 2 is 2.33 bits per heavy atom. The van der Waals surface area contributed by atoms with Crippen LogP contribution in [0.25, 0.3) is 11.0 Å². The maximum atomic E-state index is 13.3. The molecule has 112 valence electrons. The third kappa shape index (κ3) is 2.51. The van der Waals surface area contributed by atoms with Crippen molar-refractivity contribution in [1.29, 1.82) is 0 Å². The molecule has 2 heterocycles. The van der Waals surface area contributed by atoms with E-state index in [0.29, 0.717) is 12.1 Å². The van der Waals surface area contributed by atoms with Crippen molar-refractivity contribution in [2.24, 2.45) is 5.73 Å². The summed E-state index contributed by atoms with van der Waals surface area (Å²) in [7, 11) is 0. The van der Waals surface area contributed by atoms with Gasteiger partial charge in [0.1, 0.15) is 11.6 Å². The van der Waals surface area contributed by atoms with E-state index in [2.05, 4.69) is 14.5 Å². The van der Waals surface area contributed by atoms with Crippen LogP contribution in [0.4, 0.5) is 4.39 Å². The molecule has 0 spiro atoms. The van der Waals surface area contributed by atoms with Gasteiger partial charge in [0.2, 0.25) is 5.91 Å². The van der Waals surface area contributed by atoms with Crippen LogP contribution in [-0.4, -0.2) is 32.9 Å². The Labute approximate surface area is 122 Å². The lowest BCUT2D eigenvalue weighted by atomic mass is 10.2. The van der Waals surface area contributed by atoms with Crippen molar-refractivity contribution in [1.82, 2.24) is 14.5 Å². The van der Waals surface area contributed by atoms with Crippen LogP contribution < -0.4 is 5.73 Å². The van der Waals surface area contributed by atoms with Gasteiger partial charge in [-0.05, 0) is 38.4 Å². The molecule has 1 atom stereocenters. The minimum absolute atomic E-state index is 0.216. The van der Waals surface area contributed by atoms with E-state index in [1.807, 2.05) is 6.92 Å². The average Bonchev–Trinajstić information content (AvgIpc) is 3.02. The number of carbonyl (C=O) groups excluding carboxylic acids is 1. The van der Waals surface area contributed by atoms with Gasteiger partial charge in [0.25, 0.3) is 0 Å². The lowest BCUT2D eigenvalue weighted by Gasteiger charge is -2.21. The summed E-state index contributed by atoms with van der Waals surface area (Å²) in [6, 6.07) is 4.43. The number of aryl methyl sites for hydroxylation is 1. The third-order valence-electron chi connectivity index (χ3n) is 4.14. The van der Waals surface area contributed by atoms with Crippen molar-refractivity contribution >= 4 is 16.9 Å². The molecule has 0 saturated carbocycles. The van der Waals surface area contributed by atoms with Gasteiger partial charge in [-0.1, -0.05) is 0 Å². The van der Waals surface area contributed by atoms with E-state index in [0.717, 1.165) is 37.3 Å². The smallest absolute Gasteiger partial charge is 0.234 e. The molecular weight excluding hydrogens is 271 g/mol. The number of nitrogens with two attached hydrogens (primary N) is 1. The van der Waals surface area contributed by atoms with Gasteiger partial charge in [0.15, 0.2) is 0 Å². The topological polar surface area (TPSA) is 64.2 Å². The molecular formula is C15H19FN4O. The van der Waals surface area contributed by atoms with Crippen LogP contribution in [0.3, 0.4) is 0 Å². The van der Waals surface area contributed by atoms with Crippen molar-refractivity contribution in [3.8, 4) is 0 Å². The highest BCUT2D eigenvalue weighted by Gasteiger charge is 2.30. The molecule has 1 aliphatic heterocycles. The standard InChI is InChI=1S/C15H19FN4O/c1-2-20-12-6-5-10(16)8-11(12)18-14(20)9-19-7-3-4-13(19)15(17)21/h5-6,8,13H,2-4,7,9H2,1H3,(H2,17,21). The minimum Gasteiger partial charge on any atom is -0.368 e. The van der Waals surface area contributed by atoms with Crippen molar-refractivity contribution in [3.05, 3.63) is 29.8 Å². The van der Waals surface area contributed by atoms with E-state index in [1.165, 1.54) is 12.1 Å². The quantitative estimate of drug-likeness (QED) is 0.931. The molecule has 6 heteroatoms. The van der Waals surface area contributed by atoms with Gasteiger partial charge in [-0.15, -0.1) is 0 Å². The van der Waals surface area contributed by atoms with Crippen LogP contribution in [-0.2, 0) is 17.9 Å². The van der Waals surface area contributed by atoms with Gasteiger partial charge in [0.05, 0.1) is 23.6 Å². The van der Waals surface area contributed by atoms with Crippen LogP contribution >= 0.6 is 0 Å². The van der Waals surface area contributed by atoms with Crippen LogP contribution in [0.5, 0.6) is 0 Å². The maximum Gasteiger partial charge on any atom is 0.234 e. The molecule has 0 aliphatic carbocycles. The number of primary amides is 1. The number of nitrogens with zero attached hydrogens (tertiary/aromatic N) is 3. The fourth-order valence-corrected chi connectivity index (χ4v) is 3.15. The van der Waals surface area contributed by atoms with Gasteiger partial charge in [-0.2, -0.15) is 0 Å². The first-order valence-electron chi connectivity index (χ1n) is 7.28. The zero-order chi connectivity index (χ0) is 15.0. The largest absolute Gasteiger partial charge is 0.368 e. The van der Waals surface area contributed by atoms with Crippen molar-refractivity contribution in [2.75, 3.05) is 6.54 Å². The summed E-state index contributed by atoms with van der Waals surface area (Å²) in [5, 5.41) is 0. The molecule has 3 rings (SSSR count). The highest BCUT2D eigenvalue weighted by molar-refractivity contribution is 5.80. The first-order chi connectivity index (χ1) is 10.1. The molecule has 0 radical (unpaired) electrons. The van der Waals surface area contributed by atoms with Gasteiger partial charge in [-0.25, -0.2) is 9.37 Å². The summed E-state index contributed by atoms with van der Waals surface area (Å²) in [5.74, 6) is 0.287. The molecule has 1 aromatic heterocycles. The van der Waals surface area contributed by atoms with Crippen LogP contribution in [0, 0.1) is 5.82 Å². The van der Waals surface area contributed by atoms with Crippen molar-refractivity contribution in [3.63, 3.8) is 0 Å². The Morgan fingerprint density at radius 3 is 3.05 bits per heavy atom. The van der Waals surface area contributed by atoms with Gasteiger partial charge < -0.3 is 10.3 Å². The number of rotatable bonds is 4. The number of fused-ring (bicyclic) bond motifs is 1. The van der Waals surface area contributed by atoms with Gasteiger partial charge in [0, 0.05) is 12.6 Å². The zero-order valence-electron chi connectivity index (χ0n) is 12.1. The second-order valence-electron chi connectivity index (χ2n) is 5.44. The third-order valence-corrected chi connectivity index (χ3v) is 4.14. The second kappa shape index (κ2) is 5.44. The Bertz CT molecular complexity index is 682. The lowest BCUT2D eigenvalue weighted by molar-refractivity contribution is -0.122. The summed E-state index contributed by atoms with van der Waals surface area (Å²) >= 11 is 0. The van der Waals surface area contributed by atoms with E-state index in [4.69, 9.17) is 5.73 Å². The number of hydrogen-bond donors (Lipinski definition) is 1. The molecule has 1 unspecified atom stereocenters. The molecule has 2 aromatic rings. The Kier molecular flexibility index (Phi) is 3.63. The second-order valence-corrected chi connectivity index (χ2v) is 5.44. The van der Waals surface area contributed by atoms with Crippen molar-refractivity contribution < 1.29 is 9.18 Å². The summed E-state index contributed by atoms with van der Waals surface area (Å²) in [4.78, 5) is 18.1. The first-order valence-corrected chi connectivity index (χ1v) is 7.28. The van der Waals surface area contributed by atoms with Crippen LogP contribution in [0.2, 0.25) is 0 Å². The Morgan fingerprint density at radius 1 is 1.52 bits per heavy atom. The monoisotopic (exact) mass is 290 g/mol. The Balaban J connectivity index is 1.94.